The van der Waals surface area contributed by atoms with Crippen LogP contribution in [0.2, 0.25) is 0 Å². The van der Waals surface area contributed by atoms with E-state index in [2.05, 4.69) is 9.44 Å². The second-order valence-electron chi connectivity index (χ2n) is 3.54. The molecule has 0 radical (unpaired) electrons. The van der Waals surface area contributed by atoms with Gasteiger partial charge in [-0.2, -0.15) is 13.1 Å². The standard InChI is InChI=1S/C10H17N3O2S/c1-3-7-12-16(14,15)13-10-8(2)5-4-6-9(10)11/h4-6,12-13H,3,7,11H2,1-2H3. The van der Waals surface area contributed by atoms with Crippen LogP contribution in [0.5, 0.6) is 0 Å². The molecule has 0 fully saturated rings. The Bertz CT molecular complexity index is 437. The van der Waals surface area contributed by atoms with Gasteiger partial charge in [-0.3, -0.25) is 4.72 Å². The summed E-state index contributed by atoms with van der Waals surface area (Å²) in [6.45, 7) is 4.10. The fourth-order valence-electron chi connectivity index (χ4n) is 1.24. The molecule has 0 spiro atoms. The molecular formula is C10H17N3O2S. The number of rotatable bonds is 5. The fraction of sp³-hybridized carbons (Fsp3) is 0.400. The first-order valence-corrected chi connectivity index (χ1v) is 6.57. The van der Waals surface area contributed by atoms with Gasteiger partial charge in [0.1, 0.15) is 0 Å². The van der Waals surface area contributed by atoms with Gasteiger partial charge in [-0.15, -0.1) is 0 Å². The average Bonchev–Trinajstić information content (AvgIpc) is 2.21. The van der Waals surface area contributed by atoms with Crippen LogP contribution in [-0.4, -0.2) is 15.0 Å². The minimum Gasteiger partial charge on any atom is -0.397 e. The van der Waals surface area contributed by atoms with Crippen molar-refractivity contribution in [3.63, 3.8) is 0 Å². The van der Waals surface area contributed by atoms with E-state index >= 15 is 0 Å². The second-order valence-corrected chi connectivity index (χ2v) is 5.04. The van der Waals surface area contributed by atoms with Crippen LogP contribution in [0.4, 0.5) is 11.4 Å². The molecular weight excluding hydrogens is 226 g/mol. The van der Waals surface area contributed by atoms with Crippen molar-refractivity contribution in [1.29, 1.82) is 0 Å². The highest BCUT2D eigenvalue weighted by atomic mass is 32.2. The highest BCUT2D eigenvalue weighted by molar-refractivity contribution is 7.90. The van der Waals surface area contributed by atoms with Gasteiger partial charge in [0.25, 0.3) is 10.2 Å². The van der Waals surface area contributed by atoms with Crippen molar-refractivity contribution in [3.05, 3.63) is 23.8 Å². The Morgan fingerprint density at radius 3 is 2.62 bits per heavy atom. The van der Waals surface area contributed by atoms with Crippen LogP contribution in [0, 0.1) is 6.92 Å². The van der Waals surface area contributed by atoms with Crippen LogP contribution in [0.3, 0.4) is 0 Å². The predicted octanol–water partition coefficient (Wildman–Crippen LogP) is 1.23. The van der Waals surface area contributed by atoms with E-state index in [1.165, 1.54) is 0 Å². The molecule has 0 saturated heterocycles. The van der Waals surface area contributed by atoms with Crippen molar-refractivity contribution in [2.75, 3.05) is 17.0 Å². The Hall–Kier alpha value is -1.27. The summed E-state index contributed by atoms with van der Waals surface area (Å²) in [6, 6.07) is 5.24. The maximum Gasteiger partial charge on any atom is 0.299 e. The lowest BCUT2D eigenvalue weighted by molar-refractivity contribution is 0.586. The molecule has 0 aliphatic carbocycles. The molecule has 1 aromatic carbocycles. The molecule has 0 saturated carbocycles. The zero-order valence-electron chi connectivity index (χ0n) is 9.45. The van der Waals surface area contributed by atoms with Gasteiger partial charge >= 0.3 is 0 Å². The van der Waals surface area contributed by atoms with Gasteiger partial charge in [0.2, 0.25) is 0 Å². The summed E-state index contributed by atoms with van der Waals surface area (Å²) < 4.78 is 28.0. The molecule has 0 aliphatic rings. The summed E-state index contributed by atoms with van der Waals surface area (Å²) in [5.74, 6) is 0. The van der Waals surface area contributed by atoms with Crippen molar-refractivity contribution in [2.24, 2.45) is 0 Å². The van der Waals surface area contributed by atoms with E-state index in [0.29, 0.717) is 17.9 Å². The third-order valence-electron chi connectivity index (χ3n) is 2.08. The first-order valence-electron chi connectivity index (χ1n) is 5.08. The molecule has 16 heavy (non-hydrogen) atoms. The second kappa shape index (κ2) is 5.18. The van der Waals surface area contributed by atoms with Gasteiger partial charge < -0.3 is 5.73 Å². The van der Waals surface area contributed by atoms with E-state index in [4.69, 9.17) is 5.73 Å². The predicted molar refractivity (Wildman–Crippen MR) is 66.4 cm³/mol. The van der Waals surface area contributed by atoms with Gasteiger partial charge in [0.15, 0.2) is 0 Å². The molecule has 5 nitrogen and oxygen atoms in total. The van der Waals surface area contributed by atoms with Gasteiger partial charge in [-0.25, -0.2) is 0 Å². The fourth-order valence-corrected chi connectivity index (χ4v) is 2.33. The van der Waals surface area contributed by atoms with Gasteiger partial charge in [0.05, 0.1) is 11.4 Å². The van der Waals surface area contributed by atoms with Crippen LogP contribution >= 0.6 is 0 Å². The molecule has 0 unspecified atom stereocenters. The number of hydrogen-bond acceptors (Lipinski definition) is 3. The highest BCUT2D eigenvalue weighted by Gasteiger charge is 2.12. The smallest absolute Gasteiger partial charge is 0.299 e. The van der Waals surface area contributed by atoms with Gasteiger partial charge in [-0.05, 0) is 25.0 Å². The molecule has 6 heteroatoms. The first-order chi connectivity index (χ1) is 7.46. The molecule has 0 amide bonds. The molecule has 0 aromatic heterocycles. The topological polar surface area (TPSA) is 84.2 Å². The highest BCUT2D eigenvalue weighted by Crippen LogP contribution is 2.23. The summed E-state index contributed by atoms with van der Waals surface area (Å²) in [7, 11) is -3.52. The van der Waals surface area contributed by atoms with Crippen molar-refractivity contribution in [1.82, 2.24) is 4.72 Å². The quantitative estimate of drug-likeness (QED) is 0.680. The molecule has 1 aromatic rings. The van der Waals surface area contributed by atoms with Gasteiger partial charge in [0, 0.05) is 6.54 Å². The average molecular weight is 243 g/mol. The molecule has 4 N–H and O–H groups in total. The number of hydrogen-bond donors (Lipinski definition) is 3. The number of nitrogens with one attached hydrogen (secondary N) is 2. The van der Waals surface area contributed by atoms with Crippen LogP contribution in [0.15, 0.2) is 18.2 Å². The Morgan fingerprint density at radius 1 is 1.38 bits per heavy atom. The van der Waals surface area contributed by atoms with E-state index in [9.17, 15) is 8.42 Å². The largest absolute Gasteiger partial charge is 0.397 e. The maximum atomic E-state index is 11.6. The number of para-hydroxylation sites is 1. The summed E-state index contributed by atoms with van der Waals surface area (Å²) in [5.41, 5.74) is 7.35. The number of aryl methyl sites for hydroxylation is 1. The van der Waals surface area contributed by atoms with Crippen molar-refractivity contribution in [2.45, 2.75) is 20.3 Å². The maximum absolute atomic E-state index is 11.6. The third-order valence-corrected chi connectivity index (χ3v) is 3.14. The number of anilines is 2. The number of nitrogen functional groups attached to an aromatic ring is 1. The van der Waals surface area contributed by atoms with Crippen molar-refractivity contribution in [3.8, 4) is 0 Å². The Labute approximate surface area is 96.2 Å². The van der Waals surface area contributed by atoms with E-state index in [1.54, 1.807) is 25.1 Å². The van der Waals surface area contributed by atoms with Crippen molar-refractivity contribution >= 4 is 21.6 Å². The van der Waals surface area contributed by atoms with Crippen LogP contribution in [0.25, 0.3) is 0 Å². The van der Waals surface area contributed by atoms with Crippen LogP contribution < -0.4 is 15.2 Å². The van der Waals surface area contributed by atoms with Crippen LogP contribution in [-0.2, 0) is 10.2 Å². The van der Waals surface area contributed by atoms with E-state index < -0.39 is 10.2 Å². The third kappa shape index (κ3) is 3.39. The Morgan fingerprint density at radius 2 is 2.06 bits per heavy atom. The van der Waals surface area contributed by atoms with Crippen molar-refractivity contribution < 1.29 is 8.42 Å². The molecule has 0 aliphatic heterocycles. The molecule has 0 heterocycles. The van der Waals surface area contributed by atoms with Gasteiger partial charge in [-0.1, -0.05) is 19.1 Å². The lowest BCUT2D eigenvalue weighted by Crippen LogP contribution is -2.31. The summed E-state index contributed by atoms with van der Waals surface area (Å²) >= 11 is 0. The summed E-state index contributed by atoms with van der Waals surface area (Å²) in [6.07, 6.45) is 0.740. The normalized spacial score (nSPS) is 11.4. The SMILES string of the molecule is CCCNS(=O)(=O)Nc1c(C)cccc1N. The van der Waals surface area contributed by atoms with E-state index in [0.717, 1.165) is 12.0 Å². The van der Waals surface area contributed by atoms with Crippen LogP contribution in [0.1, 0.15) is 18.9 Å². The lowest BCUT2D eigenvalue weighted by Gasteiger charge is -2.12. The zero-order chi connectivity index (χ0) is 12.2. The minimum absolute atomic E-state index is 0.404. The first kappa shape index (κ1) is 12.8. The lowest BCUT2D eigenvalue weighted by atomic mass is 10.2. The van der Waals surface area contributed by atoms with E-state index in [1.807, 2.05) is 6.92 Å². The molecule has 90 valence electrons. The monoisotopic (exact) mass is 243 g/mol. The molecule has 0 bridgehead atoms. The summed E-state index contributed by atoms with van der Waals surface area (Å²) in [5, 5.41) is 0. The number of benzene rings is 1. The van der Waals surface area contributed by atoms with E-state index in [-0.39, 0.29) is 0 Å². The summed E-state index contributed by atoms with van der Waals surface area (Å²) in [4.78, 5) is 0. The molecule has 0 atom stereocenters. The molecule has 1 rings (SSSR count). The zero-order valence-corrected chi connectivity index (χ0v) is 10.3. The Kier molecular flexibility index (Phi) is 4.14. The number of nitrogens with two attached hydrogens (primary N) is 1. The minimum atomic E-state index is -3.52. The Balaban J connectivity index is 2.88.